The Hall–Kier alpha value is -0.600. The molecule has 0 atom stereocenters. The molecule has 2 nitrogen and oxygen atoms in total. The fourth-order valence-electron chi connectivity index (χ4n) is 5.26. The Morgan fingerprint density at radius 2 is 0.579 bits per heavy atom. The molecule has 1 N–H and O–H groups in total. The van der Waals surface area contributed by atoms with Crippen LogP contribution in [0.15, 0.2) is 24.3 Å². The number of hydrogen-bond donors (Lipinski definition) is 1. The molecule has 0 unspecified atom stereocenters. The van der Waals surface area contributed by atoms with Crippen molar-refractivity contribution in [2.45, 2.75) is 194 Å². The van der Waals surface area contributed by atoms with Crippen molar-refractivity contribution in [3.8, 4) is 0 Å². The SMILES string of the molecule is CCCCCCCC/C=C\CCCCCCCC[NH+]([O-])CCCCCCCC/C=C\CCCCCCCC. The van der Waals surface area contributed by atoms with Crippen LogP contribution < -0.4 is 5.06 Å². The molecule has 0 saturated carbocycles. The first-order valence-corrected chi connectivity index (χ1v) is 17.6. The summed E-state index contributed by atoms with van der Waals surface area (Å²) < 4.78 is 0. The molecule has 0 amide bonds. The van der Waals surface area contributed by atoms with Gasteiger partial charge in [-0.05, 0) is 77.0 Å². The van der Waals surface area contributed by atoms with E-state index in [-0.39, 0.29) is 0 Å². The third-order valence-electron chi connectivity index (χ3n) is 7.93. The van der Waals surface area contributed by atoms with Crippen LogP contribution in [0, 0.1) is 5.21 Å². The summed E-state index contributed by atoms with van der Waals surface area (Å²) in [5, 5.41) is 12.6. The monoisotopic (exact) mass is 534 g/mol. The molecule has 0 rings (SSSR count). The first-order chi connectivity index (χ1) is 18.8. The van der Waals surface area contributed by atoms with Crippen LogP contribution in [-0.4, -0.2) is 13.1 Å². The van der Waals surface area contributed by atoms with Crippen molar-refractivity contribution >= 4 is 0 Å². The summed E-state index contributed by atoms with van der Waals surface area (Å²) in [4.78, 5) is 0. The lowest BCUT2D eigenvalue weighted by Crippen LogP contribution is -3.07. The first kappa shape index (κ1) is 37.4. The molecule has 0 radical (unpaired) electrons. The third-order valence-corrected chi connectivity index (χ3v) is 7.93. The number of nitrogens with one attached hydrogen (secondary N) is 1. The van der Waals surface area contributed by atoms with E-state index >= 15 is 0 Å². The van der Waals surface area contributed by atoms with Gasteiger partial charge in [0.15, 0.2) is 0 Å². The minimum absolute atomic E-state index is 0.510. The number of hydrogen-bond acceptors (Lipinski definition) is 1. The molecule has 0 aromatic carbocycles. The number of rotatable bonds is 32. The van der Waals surface area contributed by atoms with E-state index < -0.39 is 0 Å². The van der Waals surface area contributed by atoms with Crippen molar-refractivity contribution in [1.82, 2.24) is 0 Å². The first-order valence-electron chi connectivity index (χ1n) is 17.6. The molecule has 0 aliphatic heterocycles. The Labute approximate surface area is 241 Å². The van der Waals surface area contributed by atoms with Crippen molar-refractivity contribution in [3.05, 3.63) is 29.5 Å². The minimum Gasteiger partial charge on any atom is -0.634 e. The van der Waals surface area contributed by atoms with Gasteiger partial charge in [0.25, 0.3) is 0 Å². The van der Waals surface area contributed by atoms with E-state index in [0.29, 0.717) is 5.06 Å². The second kappa shape index (κ2) is 34.4. The van der Waals surface area contributed by atoms with Gasteiger partial charge >= 0.3 is 0 Å². The second-order valence-electron chi connectivity index (χ2n) is 11.9. The lowest BCUT2D eigenvalue weighted by atomic mass is 10.1. The molecule has 38 heavy (non-hydrogen) atoms. The van der Waals surface area contributed by atoms with Crippen molar-refractivity contribution in [3.63, 3.8) is 0 Å². The Morgan fingerprint density at radius 3 is 0.868 bits per heavy atom. The van der Waals surface area contributed by atoms with Gasteiger partial charge in [-0.2, -0.15) is 0 Å². The van der Waals surface area contributed by atoms with Gasteiger partial charge in [0, 0.05) is 0 Å². The Balaban J connectivity index is 3.22. The normalized spacial score (nSPS) is 12.1. The molecule has 226 valence electrons. The van der Waals surface area contributed by atoms with Crippen molar-refractivity contribution < 1.29 is 5.06 Å². The maximum atomic E-state index is 12.1. The molecule has 0 aliphatic rings. The van der Waals surface area contributed by atoms with Gasteiger partial charge in [0.05, 0.1) is 13.1 Å². The highest BCUT2D eigenvalue weighted by atomic mass is 16.5. The number of allylic oxidation sites excluding steroid dienone is 4. The molecular formula is C36H71NO. The zero-order chi connectivity index (χ0) is 27.6. The highest BCUT2D eigenvalue weighted by Crippen LogP contribution is 2.11. The predicted octanol–water partition coefficient (Wildman–Crippen LogP) is 11.4. The summed E-state index contributed by atoms with van der Waals surface area (Å²) in [5.41, 5.74) is 0. The summed E-state index contributed by atoms with van der Waals surface area (Å²) in [6, 6.07) is 0. The fourth-order valence-corrected chi connectivity index (χ4v) is 5.26. The molecule has 0 fully saturated rings. The maximum Gasteiger partial charge on any atom is 0.0768 e. The quantitative estimate of drug-likeness (QED) is 0.0519. The van der Waals surface area contributed by atoms with Gasteiger partial charge < -0.3 is 10.3 Å². The van der Waals surface area contributed by atoms with E-state index in [4.69, 9.17) is 0 Å². The van der Waals surface area contributed by atoms with E-state index in [0.717, 1.165) is 25.9 Å². The van der Waals surface area contributed by atoms with Gasteiger partial charge in [-0.3, -0.25) is 0 Å². The zero-order valence-corrected chi connectivity index (χ0v) is 26.4. The maximum absolute atomic E-state index is 12.1. The van der Waals surface area contributed by atoms with Crippen LogP contribution in [0.1, 0.15) is 194 Å². The Kier molecular flexibility index (Phi) is 33.9. The smallest absolute Gasteiger partial charge is 0.0768 e. The summed E-state index contributed by atoms with van der Waals surface area (Å²) in [6.45, 7) is 6.22. The topological polar surface area (TPSA) is 27.5 Å². The van der Waals surface area contributed by atoms with E-state index in [2.05, 4.69) is 38.2 Å². The molecule has 0 saturated heterocycles. The van der Waals surface area contributed by atoms with Crippen LogP contribution in [0.4, 0.5) is 0 Å². The van der Waals surface area contributed by atoms with E-state index in [1.165, 1.54) is 167 Å². The largest absolute Gasteiger partial charge is 0.634 e. The standard InChI is InChI=1S/C36H71NO/c1-3-5-7-9-11-13-15-17-19-21-23-25-27-29-31-33-35-37(38)36-34-32-30-28-26-24-22-20-18-16-14-12-10-8-6-4-2/h17-20,37H,3-16,21-36H2,1-2H3/b19-17-,20-18-. The second-order valence-corrected chi connectivity index (χ2v) is 11.9. The van der Waals surface area contributed by atoms with Gasteiger partial charge in [-0.25, -0.2) is 0 Å². The lowest BCUT2D eigenvalue weighted by molar-refractivity contribution is -0.848. The van der Waals surface area contributed by atoms with Crippen LogP contribution in [-0.2, 0) is 0 Å². The highest BCUT2D eigenvalue weighted by Gasteiger charge is 1.99. The predicted molar refractivity (Wildman–Crippen MR) is 173 cm³/mol. The summed E-state index contributed by atoms with van der Waals surface area (Å²) in [6.07, 6.45) is 46.8. The number of unbranched alkanes of at least 4 members (excludes halogenated alkanes) is 24. The Bertz CT molecular complexity index is 430. The molecule has 0 spiro atoms. The molecule has 2 heteroatoms. The average Bonchev–Trinajstić information content (AvgIpc) is 2.92. The van der Waals surface area contributed by atoms with E-state index in [1.54, 1.807) is 0 Å². The molecule has 0 bridgehead atoms. The molecular weight excluding hydrogens is 462 g/mol. The van der Waals surface area contributed by atoms with Crippen LogP contribution >= 0.6 is 0 Å². The molecule has 0 aliphatic carbocycles. The minimum atomic E-state index is 0.510. The van der Waals surface area contributed by atoms with E-state index in [9.17, 15) is 5.21 Å². The van der Waals surface area contributed by atoms with E-state index in [1.807, 2.05) is 0 Å². The van der Waals surface area contributed by atoms with Crippen molar-refractivity contribution in [1.29, 1.82) is 0 Å². The summed E-state index contributed by atoms with van der Waals surface area (Å²) in [7, 11) is 0. The van der Waals surface area contributed by atoms with Gasteiger partial charge in [-0.1, -0.05) is 141 Å². The van der Waals surface area contributed by atoms with Crippen LogP contribution in [0.25, 0.3) is 0 Å². The third kappa shape index (κ3) is 33.4. The highest BCUT2D eigenvalue weighted by molar-refractivity contribution is 4.82. The zero-order valence-electron chi connectivity index (χ0n) is 26.4. The van der Waals surface area contributed by atoms with Gasteiger partial charge in [0.1, 0.15) is 0 Å². The molecule has 0 heterocycles. The fraction of sp³-hybridized carbons (Fsp3) is 0.889. The molecule has 0 aromatic rings. The lowest BCUT2D eigenvalue weighted by Gasteiger charge is -2.22. The average molecular weight is 534 g/mol. The van der Waals surface area contributed by atoms with Gasteiger partial charge in [0.2, 0.25) is 0 Å². The number of hydroxylamine groups is 2. The van der Waals surface area contributed by atoms with Crippen molar-refractivity contribution in [2.75, 3.05) is 13.1 Å². The van der Waals surface area contributed by atoms with Crippen LogP contribution in [0.2, 0.25) is 0 Å². The summed E-state index contributed by atoms with van der Waals surface area (Å²) >= 11 is 0. The molecule has 0 aromatic heterocycles. The van der Waals surface area contributed by atoms with Crippen molar-refractivity contribution in [2.24, 2.45) is 0 Å². The van der Waals surface area contributed by atoms with Crippen LogP contribution in [0.5, 0.6) is 0 Å². The summed E-state index contributed by atoms with van der Waals surface area (Å²) in [5.74, 6) is 0. The van der Waals surface area contributed by atoms with Crippen LogP contribution in [0.3, 0.4) is 0 Å². The number of quaternary nitrogens is 1. The van der Waals surface area contributed by atoms with Gasteiger partial charge in [-0.15, -0.1) is 0 Å². The Morgan fingerprint density at radius 1 is 0.342 bits per heavy atom.